The molecule has 0 fully saturated rings. The Kier molecular flexibility index (Phi) is 20.6. The number of unbranched alkanes of at least 4 members (excludes halogenated alkanes) is 10. The summed E-state index contributed by atoms with van der Waals surface area (Å²) in [6.45, 7) is 8.32. The molecule has 0 rings (SSSR count). The van der Waals surface area contributed by atoms with Gasteiger partial charge in [0, 0.05) is 19.5 Å². The lowest BCUT2D eigenvalue weighted by Gasteiger charge is -2.19. The lowest BCUT2D eigenvalue weighted by molar-refractivity contribution is -0.525. The highest BCUT2D eigenvalue weighted by atomic mass is 16.7. The van der Waals surface area contributed by atoms with Gasteiger partial charge < -0.3 is 16.0 Å². The lowest BCUT2D eigenvalue weighted by atomic mass is 10.0. The predicted octanol–water partition coefficient (Wildman–Crippen LogP) is 4.58. The highest BCUT2D eigenvalue weighted by Gasteiger charge is 2.20. The molecule has 0 heterocycles. The zero-order valence-electron chi connectivity index (χ0n) is 22.1. The molecule has 203 valence electrons. The van der Waals surface area contributed by atoms with Crippen molar-refractivity contribution in [1.29, 1.82) is 5.41 Å². The maximum absolute atomic E-state index is 12.6. The van der Waals surface area contributed by atoms with Crippen molar-refractivity contribution in [3.05, 3.63) is 16.7 Å². The number of hydrogen-bond acceptors (Lipinski definition) is 5. The van der Waals surface area contributed by atoms with E-state index in [-0.39, 0.29) is 18.4 Å². The zero-order valence-corrected chi connectivity index (χ0v) is 22.1. The Bertz CT molecular complexity index is 601. The van der Waals surface area contributed by atoms with E-state index in [2.05, 4.69) is 36.7 Å². The summed E-state index contributed by atoms with van der Waals surface area (Å²) in [5.41, 5.74) is 1.72. The molecule has 10 heteroatoms. The highest BCUT2D eigenvalue weighted by Crippen LogP contribution is 2.12. The van der Waals surface area contributed by atoms with Crippen molar-refractivity contribution in [1.82, 2.24) is 21.4 Å². The first-order chi connectivity index (χ1) is 16.8. The molecule has 2 amide bonds. The molecule has 0 bridgehead atoms. The van der Waals surface area contributed by atoms with Gasteiger partial charge in [-0.2, -0.15) is 0 Å². The summed E-state index contributed by atoms with van der Waals surface area (Å²) in [5.74, 6) is -0.410. The van der Waals surface area contributed by atoms with Crippen molar-refractivity contribution in [2.24, 2.45) is 5.92 Å². The van der Waals surface area contributed by atoms with Crippen LogP contribution >= 0.6 is 0 Å². The van der Waals surface area contributed by atoms with Gasteiger partial charge in [-0.15, -0.1) is 0 Å². The minimum atomic E-state index is -0.814. The van der Waals surface area contributed by atoms with Gasteiger partial charge in [-0.25, -0.2) is 10.1 Å². The minimum Gasteiger partial charge on any atom is -0.352 e. The summed E-state index contributed by atoms with van der Waals surface area (Å²) >= 11 is 0. The Morgan fingerprint density at radius 3 is 2.06 bits per heavy atom. The molecule has 1 radical (unpaired) electrons. The number of nitrogens with zero attached hydrogens (tertiary/aromatic N) is 1. The van der Waals surface area contributed by atoms with Crippen LogP contribution in [0.3, 0.4) is 0 Å². The van der Waals surface area contributed by atoms with Crippen LogP contribution in [0.5, 0.6) is 0 Å². The van der Waals surface area contributed by atoms with Crippen LogP contribution in [-0.2, 0) is 9.59 Å². The maximum Gasteiger partial charge on any atom is 0.251 e. The Labute approximate surface area is 211 Å². The minimum absolute atomic E-state index is 0.138. The summed E-state index contributed by atoms with van der Waals surface area (Å²) in [5, 5.41) is 25.1. The van der Waals surface area contributed by atoms with Gasteiger partial charge in [0.2, 0.25) is 11.8 Å². The molecule has 0 saturated carbocycles. The molecule has 0 aromatic carbocycles. The number of hydrogen-bond donors (Lipinski definition) is 5. The number of carbonyl (C=O) groups excluding carboxylic acids is 2. The van der Waals surface area contributed by atoms with Crippen LogP contribution in [0.2, 0.25) is 0 Å². The van der Waals surface area contributed by atoms with Crippen LogP contribution in [0, 0.1) is 28.0 Å². The van der Waals surface area contributed by atoms with Crippen molar-refractivity contribution in [2.75, 3.05) is 6.54 Å². The van der Waals surface area contributed by atoms with E-state index in [1.807, 2.05) is 0 Å². The summed E-state index contributed by atoms with van der Waals surface area (Å²) in [6, 6.07) is -0.682. The number of carbonyl (C=O) groups is 2. The Balaban J connectivity index is 4.22. The SMILES string of the molecule is CCCCCCCCCCCCCC(=O)N[C@@H](CCCNC(=N)N[N+](=O)[O-])C(=O)N[CH]CC(C)C. The first-order valence-electron chi connectivity index (χ1n) is 13.4. The van der Waals surface area contributed by atoms with Gasteiger partial charge in [-0.05, 0) is 31.6 Å². The third kappa shape index (κ3) is 21.9. The third-order valence-corrected chi connectivity index (χ3v) is 5.67. The van der Waals surface area contributed by atoms with Crippen molar-refractivity contribution in [3.63, 3.8) is 0 Å². The van der Waals surface area contributed by atoms with Gasteiger partial charge >= 0.3 is 0 Å². The molecule has 0 aliphatic heterocycles. The molecule has 0 aromatic rings. The topological polar surface area (TPSA) is 149 Å². The fourth-order valence-corrected chi connectivity index (χ4v) is 3.63. The first-order valence-corrected chi connectivity index (χ1v) is 13.4. The summed E-state index contributed by atoms with van der Waals surface area (Å²) in [4.78, 5) is 35.3. The van der Waals surface area contributed by atoms with Crippen LogP contribution in [0.15, 0.2) is 0 Å². The zero-order chi connectivity index (χ0) is 26.3. The van der Waals surface area contributed by atoms with Crippen molar-refractivity contribution in [2.45, 2.75) is 123 Å². The molecule has 0 aromatic heterocycles. The van der Waals surface area contributed by atoms with E-state index < -0.39 is 17.0 Å². The fourth-order valence-electron chi connectivity index (χ4n) is 3.63. The molecular formula is C25H49N6O4. The van der Waals surface area contributed by atoms with Crippen LogP contribution in [-0.4, -0.2) is 35.4 Å². The number of nitro groups is 1. The van der Waals surface area contributed by atoms with Gasteiger partial charge in [0.1, 0.15) is 6.04 Å². The van der Waals surface area contributed by atoms with Gasteiger partial charge in [0.05, 0.1) is 0 Å². The van der Waals surface area contributed by atoms with E-state index >= 15 is 0 Å². The number of nitrogens with one attached hydrogen (secondary N) is 5. The number of rotatable bonds is 22. The van der Waals surface area contributed by atoms with E-state index in [9.17, 15) is 19.7 Å². The quantitative estimate of drug-likeness (QED) is 0.0486. The highest BCUT2D eigenvalue weighted by molar-refractivity contribution is 5.87. The second-order valence-corrected chi connectivity index (χ2v) is 9.56. The Morgan fingerprint density at radius 1 is 0.943 bits per heavy atom. The smallest absolute Gasteiger partial charge is 0.251 e. The molecule has 0 spiro atoms. The molecule has 10 nitrogen and oxygen atoms in total. The molecule has 1 atom stereocenters. The maximum atomic E-state index is 12.6. The number of amides is 2. The van der Waals surface area contributed by atoms with Crippen LogP contribution in [0.25, 0.3) is 0 Å². The normalized spacial score (nSPS) is 11.7. The molecule has 35 heavy (non-hydrogen) atoms. The van der Waals surface area contributed by atoms with Crippen molar-refractivity contribution < 1.29 is 14.6 Å². The van der Waals surface area contributed by atoms with Crippen LogP contribution in [0.1, 0.15) is 117 Å². The van der Waals surface area contributed by atoms with E-state index in [4.69, 9.17) is 5.41 Å². The lowest BCUT2D eigenvalue weighted by Crippen LogP contribution is -2.46. The Hall–Kier alpha value is -2.39. The Morgan fingerprint density at radius 2 is 1.51 bits per heavy atom. The molecule has 0 aliphatic carbocycles. The molecule has 5 N–H and O–H groups in total. The van der Waals surface area contributed by atoms with Gasteiger partial charge in [-0.1, -0.05) is 90.4 Å². The molecule has 0 aliphatic rings. The number of hydrazine groups is 1. The summed E-state index contributed by atoms with van der Waals surface area (Å²) < 4.78 is 0. The van der Waals surface area contributed by atoms with E-state index in [1.54, 1.807) is 12.0 Å². The standard InChI is InChI=1S/C25H49N6O4/c1-4-5-6-7-8-9-10-11-12-13-14-17-23(32)29-22(24(33)27-20-18-21(2)3)16-15-19-28-25(26)30-31(34)35/h20-22H,4-19H2,1-3H3,(H,27,33)(H,29,32)(H3,26,28,30)/t22-/m0/s1. The summed E-state index contributed by atoms with van der Waals surface area (Å²) in [7, 11) is 0. The summed E-state index contributed by atoms with van der Waals surface area (Å²) in [6.07, 6.45) is 15.3. The van der Waals surface area contributed by atoms with Gasteiger partial charge in [0.25, 0.3) is 5.96 Å². The van der Waals surface area contributed by atoms with Gasteiger partial charge in [0.15, 0.2) is 5.03 Å². The van der Waals surface area contributed by atoms with Gasteiger partial charge in [-0.3, -0.25) is 15.0 Å². The fraction of sp³-hybridized carbons (Fsp3) is 0.840. The predicted molar refractivity (Wildman–Crippen MR) is 140 cm³/mol. The van der Waals surface area contributed by atoms with Crippen LogP contribution < -0.4 is 21.4 Å². The second-order valence-electron chi connectivity index (χ2n) is 9.56. The third-order valence-electron chi connectivity index (χ3n) is 5.67. The van der Waals surface area contributed by atoms with Crippen molar-refractivity contribution in [3.8, 4) is 0 Å². The average molecular weight is 498 g/mol. The number of guanidine groups is 1. The van der Waals surface area contributed by atoms with E-state index in [0.29, 0.717) is 25.2 Å². The second kappa shape index (κ2) is 22.1. The van der Waals surface area contributed by atoms with Crippen LogP contribution in [0.4, 0.5) is 0 Å². The van der Waals surface area contributed by atoms with Crippen molar-refractivity contribution >= 4 is 17.8 Å². The monoisotopic (exact) mass is 497 g/mol. The molecular weight excluding hydrogens is 448 g/mol. The molecule has 0 saturated heterocycles. The molecule has 0 unspecified atom stereocenters. The average Bonchev–Trinajstić information content (AvgIpc) is 2.78. The first kappa shape index (κ1) is 32.6. The largest absolute Gasteiger partial charge is 0.352 e. The van der Waals surface area contributed by atoms with E-state index in [1.165, 1.54) is 51.4 Å². The van der Waals surface area contributed by atoms with E-state index in [0.717, 1.165) is 25.7 Å².